The lowest BCUT2D eigenvalue weighted by atomic mass is 10.2. The van der Waals surface area contributed by atoms with E-state index >= 15 is 0 Å². The zero-order chi connectivity index (χ0) is 12.4. The molecule has 0 fully saturated rings. The Balaban J connectivity index is 3.80. The third-order valence-electron chi connectivity index (χ3n) is 2.14. The Morgan fingerprint density at radius 1 is 1.31 bits per heavy atom. The Kier molecular flexibility index (Phi) is 8.53. The molecule has 0 aliphatic heterocycles. The predicted molar refractivity (Wildman–Crippen MR) is 67.3 cm³/mol. The molecule has 0 saturated carbocycles. The second-order valence-electron chi connectivity index (χ2n) is 4.07. The molecule has 0 aromatic carbocycles. The molecule has 0 aliphatic carbocycles. The van der Waals surface area contributed by atoms with Gasteiger partial charge in [-0.1, -0.05) is 12.2 Å². The monoisotopic (exact) mass is 225 g/mol. The average Bonchev–Trinajstić information content (AvgIpc) is 2.17. The molecule has 0 heterocycles. The summed E-state index contributed by atoms with van der Waals surface area (Å²) in [6.07, 6.45) is 6.12. The SMILES string of the molecule is C=CCC(CC=C)OC(=O)CCCN(C)C. The van der Waals surface area contributed by atoms with Crippen LogP contribution in [0.5, 0.6) is 0 Å². The van der Waals surface area contributed by atoms with Crippen LogP contribution in [0, 0.1) is 0 Å². The molecule has 92 valence electrons. The topological polar surface area (TPSA) is 29.5 Å². The molecule has 3 nitrogen and oxygen atoms in total. The van der Waals surface area contributed by atoms with E-state index in [4.69, 9.17) is 4.74 Å². The normalized spacial score (nSPS) is 10.5. The van der Waals surface area contributed by atoms with E-state index in [0.717, 1.165) is 13.0 Å². The van der Waals surface area contributed by atoms with E-state index in [0.29, 0.717) is 19.3 Å². The van der Waals surface area contributed by atoms with Crippen molar-refractivity contribution in [1.29, 1.82) is 0 Å². The zero-order valence-electron chi connectivity index (χ0n) is 10.4. The Bertz CT molecular complexity index is 214. The van der Waals surface area contributed by atoms with Crippen LogP contribution in [-0.4, -0.2) is 37.6 Å². The van der Waals surface area contributed by atoms with E-state index in [2.05, 4.69) is 18.1 Å². The van der Waals surface area contributed by atoms with Crippen molar-refractivity contribution < 1.29 is 9.53 Å². The number of hydrogen-bond acceptors (Lipinski definition) is 3. The number of carbonyl (C=O) groups excluding carboxylic acids is 1. The molecule has 0 aromatic rings. The van der Waals surface area contributed by atoms with Gasteiger partial charge in [0.2, 0.25) is 0 Å². The lowest BCUT2D eigenvalue weighted by Gasteiger charge is -2.15. The molecule has 0 N–H and O–H groups in total. The van der Waals surface area contributed by atoms with Crippen molar-refractivity contribution in [3.05, 3.63) is 25.3 Å². The summed E-state index contributed by atoms with van der Waals surface area (Å²) in [4.78, 5) is 13.5. The predicted octanol–water partition coefficient (Wildman–Crippen LogP) is 2.39. The van der Waals surface area contributed by atoms with Crippen LogP contribution in [-0.2, 0) is 9.53 Å². The third-order valence-corrected chi connectivity index (χ3v) is 2.14. The maximum atomic E-state index is 11.5. The molecule has 0 amide bonds. The fourth-order valence-corrected chi connectivity index (χ4v) is 1.35. The molecule has 0 radical (unpaired) electrons. The van der Waals surface area contributed by atoms with Gasteiger partial charge >= 0.3 is 5.97 Å². The number of rotatable bonds is 9. The molecule has 0 saturated heterocycles. The van der Waals surface area contributed by atoms with Crippen molar-refractivity contribution in [2.75, 3.05) is 20.6 Å². The molecule has 0 atom stereocenters. The van der Waals surface area contributed by atoms with E-state index in [1.165, 1.54) is 0 Å². The lowest BCUT2D eigenvalue weighted by molar-refractivity contribution is -0.148. The van der Waals surface area contributed by atoms with Gasteiger partial charge < -0.3 is 9.64 Å². The van der Waals surface area contributed by atoms with Gasteiger partial charge in [-0.3, -0.25) is 4.79 Å². The van der Waals surface area contributed by atoms with Gasteiger partial charge in [-0.05, 0) is 27.1 Å². The molecule has 0 aliphatic rings. The van der Waals surface area contributed by atoms with Gasteiger partial charge in [-0.15, -0.1) is 13.2 Å². The Morgan fingerprint density at radius 3 is 2.31 bits per heavy atom. The molecular weight excluding hydrogens is 202 g/mol. The third kappa shape index (κ3) is 8.24. The second kappa shape index (κ2) is 9.16. The first-order valence-corrected chi connectivity index (χ1v) is 5.66. The number of nitrogens with zero attached hydrogens (tertiary/aromatic N) is 1. The quantitative estimate of drug-likeness (QED) is 0.446. The standard InChI is InChI=1S/C13H23NO2/c1-5-8-12(9-6-2)16-13(15)10-7-11-14(3)4/h5-6,12H,1-2,7-11H2,3-4H3. The largest absolute Gasteiger partial charge is 0.462 e. The fraction of sp³-hybridized carbons (Fsp3) is 0.615. The summed E-state index contributed by atoms with van der Waals surface area (Å²) in [6.45, 7) is 8.19. The second-order valence-corrected chi connectivity index (χ2v) is 4.07. The van der Waals surface area contributed by atoms with Crippen LogP contribution in [0.15, 0.2) is 25.3 Å². The van der Waals surface area contributed by atoms with Gasteiger partial charge in [0.15, 0.2) is 0 Å². The van der Waals surface area contributed by atoms with E-state index in [-0.39, 0.29) is 12.1 Å². The van der Waals surface area contributed by atoms with E-state index in [1.54, 1.807) is 12.2 Å². The lowest BCUT2D eigenvalue weighted by Crippen LogP contribution is -2.19. The summed E-state index contributed by atoms with van der Waals surface area (Å²) in [6, 6.07) is 0. The summed E-state index contributed by atoms with van der Waals surface area (Å²) in [7, 11) is 3.98. The van der Waals surface area contributed by atoms with Gasteiger partial charge in [0.05, 0.1) is 0 Å². The molecule has 0 spiro atoms. The summed E-state index contributed by atoms with van der Waals surface area (Å²) in [5.74, 6) is -0.129. The molecule has 0 rings (SSSR count). The van der Waals surface area contributed by atoms with E-state index in [1.807, 2.05) is 14.1 Å². The molecule has 16 heavy (non-hydrogen) atoms. The first-order valence-electron chi connectivity index (χ1n) is 5.66. The van der Waals surface area contributed by atoms with Crippen LogP contribution in [0.25, 0.3) is 0 Å². The van der Waals surface area contributed by atoms with Crippen molar-refractivity contribution in [1.82, 2.24) is 4.90 Å². The van der Waals surface area contributed by atoms with Crippen LogP contribution in [0.1, 0.15) is 25.7 Å². The summed E-state index contributed by atoms with van der Waals surface area (Å²) >= 11 is 0. The van der Waals surface area contributed by atoms with Crippen LogP contribution < -0.4 is 0 Å². The van der Waals surface area contributed by atoms with Gasteiger partial charge in [-0.2, -0.15) is 0 Å². The zero-order valence-corrected chi connectivity index (χ0v) is 10.4. The highest BCUT2D eigenvalue weighted by Gasteiger charge is 2.11. The highest BCUT2D eigenvalue weighted by Crippen LogP contribution is 2.07. The number of carbonyl (C=O) groups is 1. The van der Waals surface area contributed by atoms with Gasteiger partial charge in [-0.25, -0.2) is 0 Å². The fourth-order valence-electron chi connectivity index (χ4n) is 1.35. The smallest absolute Gasteiger partial charge is 0.306 e. The van der Waals surface area contributed by atoms with Gasteiger partial charge in [0, 0.05) is 19.3 Å². The minimum Gasteiger partial charge on any atom is -0.462 e. The van der Waals surface area contributed by atoms with Crippen molar-refractivity contribution in [2.24, 2.45) is 0 Å². The maximum Gasteiger partial charge on any atom is 0.306 e. The summed E-state index contributed by atoms with van der Waals surface area (Å²) in [5.41, 5.74) is 0. The highest BCUT2D eigenvalue weighted by atomic mass is 16.5. The van der Waals surface area contributed by atoms with Gasteiger partial charge in [0.1, 0.15) is 6.10 Å². The van der Waals surface area contributed by atoms with E-state index in [9.17, 15) is 4.79 Å². The molecule has 0 bridgehead atoms. The Morgan fingerprint density at radius 2 is 1.88 bits per heavy atom. The summed E-state index contributed by atoms with van der Waals surface area (Å²) < 4.78 is 5.31. The number of esters is 1. The van der Waals surface area contributed by atoms with Crippen LogP contribution in [0.4, 0.5) is 0 Å². The average molecular weight is 225 g/mol. The minimum atomic E-state index is -0.129. The number of ether oxygens (including phenoxy) is 1. The van der Waals surface area contributed by atoms with Gasteiger partial charge in [0.25, 0.3) is 0 Å². The van der Waals surface area contributed by atoms with Crippen LogP contribution >= 0.6 is 0 Å². The first kappa shape index (κ1) is 14.9. The van der Waals surface area contributed by atoms with Crippen molar-refractivity contribution in [2.45, 2.75) is 31.8 Å². The highest BCUT2D eigenvalue weighted by molar-refractivity contribution is 5.69. The number of hydrogen-bond donors (Lipinski definition) is 0. The van der Waals surface area contributed by atoms with Crippen molar-refractivity contribution >= 4 is 5.97 Å². The molecule has 3 heteroatoms. The molecule has 0 aromatic heterocycles. The maximum absolute atomic E-state index is 11.5. The van der Waals surface area contributed by atoms with Crippen LogP contribution in [0.2, 0.25) is 0 Å². The van der Waals surface area contributed by atoms with Crippen LogP contribution in [0.3, 0.4) is 0 Å². The van der Waals surface area contributed by atoms with Crippen molar-refractivity contribution in [3.8, 4) is 0 Å². The Labute approximate surface area is 98.8 Å². The minimum absolute atomic E-state index is 0.0955. The molecular formula is C13H23NO2. The summed E-state index contributed by atoms with van der Waals surface area (Å²) in [5, 5.41) is 0. The first-order chi connectivity index (χ1) is 7.60. The molecule has 0 unspecified atom stereocenters. The van der Waals surface area contributed by atoms with E-state index < -0.39 is 0 Å². The van der Waals surface area contributed by atoms with Crippen molar-refractivity contribution in [3.63, 3.8) is 0 Å². The Hall–Kier alpha value is -1.09.